The lowest BCUT2D eigenvalue weighted by atomic mass is 10.1. The van der Waals surface area contributed by atoms with E-state index in [1.807, 2.05) is 59.5 Å². The second kappa shape index (κ2) is 10.9. The fraction of sp³-hybridized carbons (Fsp3) is 0.167. The Balaban J connectivity index is 1.32. The van der Waals surface area contributed by atoms with E-state index in [1.165, 1.54) is 11.8 Å². The van der Waals surface area contributed by atoms with E-state index < -0.39 is 0 Å². The smallest absolute Gasteiger partial charge is 0.253 e. The highest BCUT2D eigenvalue weighted by Gasteiger charge is 2.16. The molecule has 0 saturated heterocycles. The zero-order chi connectivity index (χ0) is 23.0. The minimum absolute atomic E-state index is 0.153. The molecule has 0 aliphatic rings. The first-order valence-electron chi connectivity index (χ1n) is 10.4. The molecule has 33 heavy (non-hydrogen) atoms. The number of rotatable bonds is 9. The fourth-order valence-electron chi connectivity index (χ4n) is 3.23. The van der Waals surface area contributed by atoms with Crippen molar-refractivity contribution in [3.63, 3.8) is 0 Å². The Hall–Kier alpha value is -3.43. The van der Waals surface area contributed by atoms with E-state index >= 15 is 0 Å². The number of hydrogen-bond acceptors (Lipinski definition) is 6. The van der Waals surface area contributed by atoms with Crippen LogP contribution in [0.15, 0.2) is 77.3 Å². The van der Waals surface area contributed by atoms with Crippen molar-refractivity contribution in [2.24, 2.45) is 7.05 Å². The van der Waals surface area contributed by atoms with Crippen molar-refractivity contribution >= 4 is 40.6 Å². The summed E-state index contributed by atoms with van der Waals surface area (Å²) >= 11 is 2.89. The van der Waals surface area contributed by atoms with Crippen LogP contribution in [0.3, 0.4) is 0 Å². The van der Waals surface area contributed by atoms with Gasteiger partial charge in [-0.05, 0) is 35.6 Å². The SMILES string of the molecule is Cn1c(SCC(=O)Nc2ccccc2C(=O)NCCc2ccccc2)nnc1-c1cccs1. The van der Waals surface area contributed by atoms with E-state index in [9.17, 15) is 9.59 Å². The third-order valence-corrected chi connectivity index (χ3v) is 6.78. The van der Waals surface area contributed by atoms with Crippen molar-refractivity contribution in [2.45, 2.75) is 11.6 Å². The third kappa shape index (κ3) is 5.88. The molecule has 4 rings (SSSR count). The van der Waals surface area contributed by atoms with Crippen LogP contribution >= 0.6 is 23.1 Å². The lowest BCUT2D eigenvalue weighted by molar-refractivity contribution is -0.113. The summed E-state index contributed by atoms with van der Waals surface area (Å²) in [6, 6.07) is 20.9. The van der Waals surface area contributed by atoms with Gasteiger partial charge in [-0.2, -0.15) is 0 Å². The third-order valence-electron chi connectivity index (χ3n) is 4.90. The lowest BCUT2D eigenvalue weighted by Crippen LogP contribution is -2.27. The topological polar surface area (TPSA) is 88.9 Å². The number of anilines is 1. The highest BCUT2D eigenvalue weighted by Crippen LogP contribution is 2.26. The number of hydrogen-bond donors (Lipinski definition) is 2. The lowest BCUT2D eigenvalue weighted by Gasteiger charge is -2.11. The summed E-state index contributed by atoms with van der Waals surface area (Å²) in [4.78, 5) is 26.3. The molecule has 0 saturated carbocycles. The van der Waals surface area contributed by atoms with Crippen LogP contribution in [0.5, 0.6) is 0 Å². The standard InChI is InChI=1S/C24H23N5O2S2/c1-29-22(20-12-7-15-32-20)27-28-24(29)33-16-21(30)26-19-11-6-5-10-18(19)23(31)25-14-13-17-8-3-2-4-9-17/h2-12,15H,13-14,16H2,1H3,(H,25,31)(H,26,30). The van der Waals surface area contributed by atoms with Crippen molar-refractivity contribution in [1.82, 2.24) is 20.1 Å². The molecule has 4 aromatic rings. The number of carbonyl (C=O) groups is 2. The quantitative estimate of drug-likeness (QED) is 0.352. The molecule has 0 radical (unpaired) electrons. The molecular formula is C24H23N5O2S2. The molecule has 0 unspecified atom stereocenters. The van der Waals surface area contributed by atoms with Crippen LogP contribution in [0.2, 0.25) is 0 Å². The van der Waals surface area contributed by atoms with Crippen LogP contribution in [-0.2, 0) is 18.3 Å². The van der Waals surface area contributed by atoms with Gasteiger partial charge in [-0.25, -0.2) is 0 Å². The number of nitrogens with zero attached hydrogens (tertiary/aromatic N) is 3. The summed E-state index contributed by atoms with van der Waals surface area (Å²) in [5.74, 6) is 0.486. The maximum absolute atomic E-state index is 12.7. The number of para-hydroxylation sites is 1. The van der Waals surface area contributed by atoms with E-state index in [-0.39, 0.29) is 17.6 Å². The Morgan fingerprint density at radius 2 is 1.79 bits per heavy atom. The van der Waals surface area contributed by atoms with Crippen LogP contribution in [0.4, 0.5) is 5.69 Å². The molecule has 7 nitrogen and oxygen atoms in total. The van der Waals surface area contributed by atoms with Gasteiger partial charge in [0.25, 0.3) is 5.91 Å². The summed E-state index contributed by atoms with van der Waals surface area (Å²) < 4.78 is 1.87. The monoisotopic (exact) mass is 477 g/mol. The highest BCUT2D eigenvalue weighted by molar-refractivity contribution is 7.99. The molecule has 2 N–H and O–H groups in total. The number of nitrogens with one attached hydrogen (secondary N) is 2. The number of amides is 2. The van der Waals surface area contributed by atoms with Crippen molar-refractivity contribution in [2.75, 3.05) is 17.6 Å². The number of thioether (sulfide) groups is 1. The molecule has 0 spiro atoms. The van der Waals surface area contributed by atoms with Crippen molar-refractivity contribution in [3.8, 4) is 10.7 Å². The zero-order valence-corrected chi connectivity index (χ0v) is 19.7. The summed E-state index contributed by atoms with van der Waals surface area (Å²) in [5, 5.41) is 16.8. The molecule has 2 aromatic heterocycles. The highest BCUT2D eigenvalue weighted by atomic mass is 32.2. The van der Waals surface area contributed by atoms with Gasteiger partial charge >= 0.3 is 0 Å². The first-order valence-corrected chi connectivity index (χ1v) is 12.3. The van der Waals surface area contributed by atoms with Gasteiger partial charge in [0.15, 0.2) is 11.0 Å². The number of aromatic nitrogens is 3. The first kappa shape index (κ1) is 22.8. The van der Waals surface area contributed by atoms with Crippen LogP contribution in [-0.4, -0.2) is 38.9 Å². The summed E-state index contributed by atoms with van der Waals surface area (Å²) in [6.45, 7) is 0.514. The Morgan fingerprint density at radius 3 is 2.58 bits per heavy atom. The number of carbonyl (C=O) groups excluding carboxylic acids is 2. The van der Waals surface area contributed by atoms with Crippen LogP contribution in [0, 0.1) is 0 Å². The van der Waals surface area contributed by atoms with Gasteiger partial charge < -0.3 is 15.2 Å². The molecular weight excluding hydrogens is 454 g/mol. The van der Waals surface area contributed by atoms with Crippen LogP contribution < -0.4 is 10.6 Å². The van der Waals surface area contributed by atoms with Crippen molar-refractivity contribution in [1.29, 1.82) is 0 Å². The molecule has 2 heterocycles. The van der Waals surface area contributed by atoms with Gasteiger partial charge in [0.05, 0.1) is 21.9 Å². The predicted octanol–water partition coefficient (Wildman–Crippen LogP) is 4.25. The van der Waals surface area contributed by atoms with Gasteiger partial charge in [-0.3, -0.25) is 9.59 Å². The Kier molecular flexibility index (Phi) is 7.54. The summed E-state index contributed by atoms with van der Waals surface area (Å²) in [5.41, 5.74) is 2.07. The van der Waals surface area contributed by atoms with Crippen molar-refractivity contribution in [3.05, 3.63) is 83.2 Å². The predicted molar refractivity (Wildman–Crippen MR) is 133 cm³/mol. The van der Waals surface area contributed by atoms with E-state index in [2.05, 4.69) is 20.8 Å². The minimum Gasteiger partial charge on any atom is -0.352 e. The Bertz CT molecular complexity index is 1220. The average molecular weight is 478 g/mol. The molecule has 0 bridgehead atoms. The van der Waals surface area contributed by atoms with Gasteiger partial charge in [0.2, 0.25) is 5.91 Å². The van der Waals surface area contributed by atoms with Gasteiger partial charge in [0, 0.05) is 13.6 Å². The number of thiophene rings is 1. The number of benzene rings is 2. The maximum atomic E-state index is 12.7. The Morgan fingerprint density at radius 1 is 1.00 bits per heavy atom. The van der Waals surface area contributed by atoms with Crippen LogP contribution in [0.1, 0.15) is 15.9 Å². The minimum atomic E-state index is -0.219. The Labute approximate surface area is 200 Å². The van der Waals surface area contributed by atoms with E-state index in [4.69, 9.17) is 0 Å². The average Bonchev–Trinajstić information content (AvgIpc) is 3.48. The van der Waals surface area contributed by atoms with Crippen molar-refractivity contribution < 1.29 is 9.59 Å². The zero-order valence-electron chi connectivity index (χ0n) is 18.0. The van der Waals surface area contributed by atoms with Gasteiger partial charge in [-0.15, -0.1) is 21.5 Å². The normalized spacial score (nSPS) is 10.7. The summed E-state index contributed by atoms with van der Waals surface area (Å²) in [7, 11) is 1.88. The first-order chi connectivity index (χ1) is 16.1. The molecule has 2 aromatic carbocycles. The van der Waals surface area contributed by atoms with E-state index in [0.29, 0.717) is 23.0 Å². The molecule has 0 aliphatic carbocycles. The molecule has 0 fully saturated rings. The molecule has 0 atom stereocenters. The molecule has 9 heteroatoms. The summed E-state index contributed by atoms with van der Waals surface area (Å²) in [6.07, 6.45) is 0.739. The van der Waals surface area contributed by atoms with Crippen LogP contribution in [0.25, 0.3) is 10.7 Å². The van der Waals surface area contributed by atoms with E-state index in [1.54, 1.807) is 35.6 Å². The molecule has 2 amide bonds. The van der Waals surface area contributed by atoms with Gasteiger partial charge in [-0.1, -0.05) is 60.3 Å². The van der Waals surface area contributed by atoms with E-state index in [0.717, 1.165) is 22.7 Å². The largest absolute Gasteiger partial charge is 0.352 e. The molecule has 0 aliphatic heterocycles. The van der Waals surface area contributed by atoms with Gasteiger partial charge in [0.1, 0.15) is 0 Å². The fourth-order valence-corrected chi connectivity index (χ4v) is 4.68. The maximum Gasteiger partial charge on any atom is 0.253 e. The second-order valence-electron chi connectivity index (χ2n) is 7.22. The molecule has 168 valence electrons. The second-order valence-corrected chi connectivity index (χ2v) is 9.11.